The molecule has 4 aromatic rings. The van der Waals surface area contributed by atoms with Gasteiger partial charge in [0.05, 0.1) is 6.10 Å². The molecule has 0 aliphatic heterocycles. The van der Waals surface area contributed by atoms with Crippen LogP contribution in [0, 0.1) is 0 Å². The van der Waals surface area contributed by atoms with Gasteiger partial charge in [0.25, 0.3) is 5.91 Å². The van der Waals surface area contributed by atoms with Crippen LogP contribution >= 0.6 is 0 Å². The van der Waals surface area contributed by atoms with Crippen LogP contribution in [0.5, 0.6) is 0 Å². The van der Waals surface area contributed by atoms with E-state index < -0.39 is 0 Å². The van der Waals surface area contributed by atoms with E-state index in [0.717, 1.165) is 42.1 Å². The lowest BCUT2D eigenvalue weighted by molar-refractivity contribution is 0.0860. The molecule has 5 rings (SSSR count). The third-order valence-electron chi connectivity index (χ3n) is 6.68. The van der Waals surface area contributed by atoms with Gasteiger partial charge in [0.2, 0.25) is 0 Å². The summed E-state index contributed by atoms with van der Waals surface area (Å²) in [7, 11) is 0. The molecule has 0 radical (unpaired) electrons. The summed E-state index contributed by atoms with van der Waals surface area (Å²) in [6, 6.07) is 22.9. The van der Waals surface area contributed by atoms with Crippen molar-refractivity contribution < 1.29 is 9.90 Å². The van der Waals surface area contributed by atoms with E-state index in [-0.39, 0.29) is 18.1 Å². The predicted octanol–water partition coefficient (Wildman–Crippen LogP) is 4.33. The van der Waals surface area contributed by atoms with Gasteiger partial charge < -0.3 is 20.7 Å². The zero-order chi connectivity index (χ0) is 22.1. The van der Waals surface area contributed by atoms with E-state index in [2.05, 4.69) is 52.3 Å². The van der Waals surface area contributed by atoms with E-state index >= 15 is 0 Å². The highest BCUT2D eigenvalue weighted by molar-refractivity contribution is 5.99. The molecule has 1 saturated carbocycles. The first-order chi connectivity index (χ1) is 15.6. The number of carbonyl (C=O) groups is 1. The fraction of sp³-hybridized carbons (Fsp3) is 0.296. The molecule has 1 fully saturated rings. The van der Waals surface area contributed by atoms with Gasteiger partial charge in [-0.25, -0.2) is 0 Å². The number of aromatic nitrogens is 1. The minimum absolute atomic E-state index is 0.0582. The standard InChI is InChI=1S/C27H29N3O2/c28-16-18-8-9-20-15-26(27(32)29-22-10-12-23(31)13-11-22)30(25(20)14-18)17-21-6-3-5-19-4-1-2-7-24(19)21/h1-9,14-15,22-23,31H,10-13,16-17,28H2,(H,29,32)/t22-,23-. The second kappa shape index (κ2) is 8.77. The number of hydrogen-bond acceptors (Lipinski definition) is 3. The molecule has 1 aromatic heterocycles. The number of nitrogens with one attached hydrogen (secondary N) is 1. The van der Waals surface area contributed by atoms with Gasteiger partial charge in [-0.05, 0) is 59.7 Å². The molecule has 3 aromatic carbocycles. The van der Waals surface area contributed by atoms with Crippen molar-refractivity contribution in [3.63, 3.8) is 0 Å². The summed E-state index contributed by atoms with van der Waals surface area (Å²) in [4.78, 5) is 13.4. The maximum atomic E-state index is 13.4. The summed E-state index contributed by atoms with van der Waals surface area (Å²) in [5.41, 5.74) is 9.81. The zero-order valence-corrected chi connectivity index (χ0v) is 18.1. The monoisotopic (exact) mass is 427 g/mol. The maximum Gasteiger partial charge on any atom is 0.268 e. The van der Waals surface area contributed by atoms with Crippen molar-refractivity contribution >= 4 is 27.6 Å². The second-order valence-electron chi connectivity index (χ2n) is 8.83. The van der Waals surface area contributed by atoms with Crippen molar-refractivity contribution in [3.05, 3.63) is 83.6 Å². The van der Waals surface area contributed by atoms with Gasteiger partial charge in [-0.15, -0.1) is 0 Å². The Morgan fingerprint density at radius 2 is 1.75 bits per heavy atom. The predicted molar refractivity (Wildman–Crippen MR) is 129 cm³/mol. The van der Waals surface area contributed by atoms with Crippen LogP contribution in [0.1, 0.15) is 47.3 Å². The summed E-state index contributed by atoms with van der Waals surface area (Å²) in [5.74, 6) is -0.0582. The summed E-state index contributed by atoms with van der Waals surface area (Å²) in [6.07, 6.45) is 2.87. The molecular formula is C27H29N3O2. The van der Waals surface area contributed by atoms with Crippen LogP contribution < -0.4 is 11.1 Å². The molecule has 0 saturated heterocycles. The van der Waals surface area contributed by atoms with Crippen LogP contribution in [0.15, 0.2) is 66.7 Å². The molecule has 5 heteroatoms. The summed E-state index contributed by atoms with van der Waals surface area (Å²) in [5, 5.41) is 16.4. The number of benzene rings is 3. The first kappa shape index (κ1) is 20.7. The topological polar surface area (TPSA) is 80.3 Å². The normalized spacial score (nSPS) is 18.8. The Hall–Kier alpha value is -3.15. The summed E-state index contributed by atoms with van der Waals surface area (Å²) in [6.45, 7) is 1.06. The maximum absolute atomic E-state index is 13.4. The molecule has 0 bridgehead atoms. The Bertz CT molecular complexity index is 1260. The number of aliphatic hydroxyl groups excluding tert-OH is 1. The molecule has 1 aliphatic carbocycles. The van der Waals surface area contributed by atoms with Crippen molar-refractivity contribution in [3.8, 4) is 0 Å². The highest BCUT2D eigenvalue weighted by Crippen LogP contribution is 2.27. The Balaban J connectivity index is 1.55. The van der Waals surface area contributed by atoms with E-state index in [1.807, 2.05) is 24.3 Å². The number of aliphatic hydroxyl groups is 1. The van der Waals surface area contributed by atoms with Crippen LogP contribution in [0.2, 0.25) is 0 Å². The highest BCUT2D eigenvalue weighted by atomic mass is 16.3. The first-order valence-corrected chi connectivity index (χ1v) is 11.4. The van der Waals surface area contributed by atoms with Gasteiger partial charge in [0, 0.05) is 30.0 Å². The molecule has 1 amide bonds. The van der Waals surface area contributed by atoms with Crippen molar-refractivity contribution in [2.75, 3.05) is 0 Å². The average Bonchev–Trinajstić information content (AvgIpc) is 3.18. The van der Waals surface area contributed by atoms with Crippen molar-refractivity contribution in [2.24, 2.45) is 5.73 Å². The van der Waals surface area contributed by atoms with Gasteiger partial charge in [-0.1, -0.05) is 54.6 Å². The number of nitrogens with two attached hydrogens (primary N) is 1. The molecule has 1 aliphatic rings. The fourth-order valence-electron chi connectivity index (χ4n) is 4.87. The Morgan fingerprint density at radius 1 is 0.969 bits per heavy atom. The van der Waals surface area contributed by atoms with Crippen LogP contribution in [0.3, 0.4) is 0 Å². The van der Waals surface area contributed by atoms with Crippen LogP contribution in [0.25, 0.3) is 21.7 Å². The highest BCUT2D eigenvalue weighted by Gasteiger charge is 2.23. The van der Waals surface area contributed by atoms with Crippen molar-refractivity contribution in [1.82, 2.24) is 9.88 Å². The third-order valence-corrected chi connectivity index (χ3v) is 6.68. The largest absolute Gasteiger partial charge is 0.393 e. The van der Waals surface area contributed by atoms with Crippen LogP contribution in [0.4, 0.5) is 0 Å². The second-order valence-corrected chi connectivity index (χ2v) is 8.83. The molecule has 0 atom stereocenters. The Kier molecular flexibility index (Phi) is 5.68. The number of nitrogens with zero attached hydrogens (tertiary/aromatic N) is 1. The lowest BCUT2D eigenvalue weighted by atomic mass is 9.93. The van der Waals surface area contributed by atoms with Crippen molar-refractivity contribution in [2.45, 2.75) is 50.9 Å². The zero-order valence-electron chi connectivity index (χ0n) is 18.1. The lowest BCUT2D eigenvalue weighted by Gasteiger charge is -2.26. The summed E-state index contributed by atoms with van der Waals surface area (Å²) >= 11 is 0. The molecule has 32 heavy (non-hydrogen) atoms. The van der Waals surface area contributed by atoms with Crippen molar-refractivity contribution in [1.29, 1.82) is 0 Å². The lowest BCUT2D eigenvalue weighted by Crippen LogP contribution is -2.39. The smallest absolute Gasteiger partial charge is 0.268 e. The minimum atomic E-state index is -0.240. The van der Waals surface area contributed by atoms with Gasteiger partial charge in [0.1, 0.15) is 5.69 Å². The number of amides is 1. The van der Waals surface area contributed by atoms with Gasteiger partial charge in [0.15, 0.2) is 0 Å². The van der Waals surface area contributed by atoms with E-state index in [0.29, 0.717) is 18.8 Å². The number of carbonyl (C=O) groups excluding carboxylic acids is 1. The molecule has 164 valence electrons. The van der Waals surface area contributed by atoms with Gasteiger partial charge >= 0.3 is 0 Å². The van der Waals surface area contributed by atoms with E-state index in [4.69, 9.17) is 5.73 Å². The fourth-order valence-corrected chi connectivity index (χ4v) is 4.87. The van der Waals surface area contributed by atoms with E-state index in [1.165, 1.54) is 16.3 Å². The number of rotatable bonds is 5. The van der Waals surface area contributed by atoms with E-state index in [1.54, 1.807) is 0 Å². The van der Waals surface area contributed by atoms with Crippen LogP contribution in [-0.2, 0) is 13.1 Å². The molecular weight excluding hydrogens is 398 g/mol. The quantitative estimate of drug-likeness (QED) is 0.443. The molecule has 4 N–H and O–H groups in total. The average molecular weight is 428 g/mol. The first-order valence-electron chi connectivity index (χ1n) is 11.4. The van der Waals surface area contributed by atoms with E-state index in [9.17, 15) is 9.90 Å². The Morgan fingerprint density at radius 3 is 2.56 bits per heavy atom. The van der Waals surface area contributed by atoms with Gasteiger partial charge in [-0.2, -0.15) is 0 Å². The number of fused-ring (bicyclic) bond motifs is 2. The van der Waals surface area contributed by atoms with Crippen LogP contribution in [-0.4, -0.2) is 27.7 Å². The Labute approximate surface area is 187 Å². The molecule has 1 heterocycles. The molecule has 5 nitrogen and oxygen atoms in total. The molecule has 0 spiro atoms. The summed E-state index contributed by atoms with van der Waals surface area (Å²) < 4.78 is 2.11. The SMILES string of the molecule is NCc1ccc2cc(C(=O)N[C@H]3CC[C@H](O)CC3)n(Cc3cccc4ccccc34)c2c1. The minimum Gasteiger partial charge on any atom is -0.393 e. The molecule has 0 unspecified atom stereocenters. The number of hydrogen-bond donors (Lipinski definition) is 3. The third kappa shape index (κ3) is 4.01. The van der Waals surface area contributed by atoms with Gasteiger partial charge in [-0.3, -0.25) is 4.79 Å².